The molecule has 6 heteroatoms. The Labute approximate surface area is 136 Å². The van der Waals surface area contributed by atoms with Gasteiger partial charge in [0.15, 0.2) is 0 Å². The van der Waals surface area contributed by atoms with E-state index in [0.29, 0.717) is 31.7 Å². The maximum absolute atomic E-state index is 13.7. The minimum atomic E-state index is -0.774. The highest BCUT2D eigenvalue weighted by Gasteiger charge is 2.30. The first-order valence-electron chi connectivity index (χ1n) is 7.86. The Kier molecular flexibility index (Phi) is 5.39. The third kappa shape index (κ3) is 4.50. The second-order valence-electron chi connectivity index (χ2n) is 6.85. The van der Waals surface area contributed by atoms with Gasteiger partial charge < -0.3 is 15.1 Å². The lowest BCUT2D eigenvalue weighted by Crippen LogP contribution is -2.56. The van der Waals surface area contributed by atoms with Crippen LogP contribution in [0, 0.1) is 5.82 Å². The molecule has 1 atom stereocenters. The average molecular weight is 324 g/mol. The highest BCUT2D eigenvalue weighted by Crippen LogP contribution is 2.17. The summed E-state index contributed by atoms with van der Waals surface area (Å²) >= 11 is 0. The van der Waals surface area contributed by atoms with Gasteiger partial charge in [-0.3, -0.25) is 9.69 Å². The van der Waals surface area contributed by atoms with E-state index >= 15 is 0 Å². The predicted molar refractivity (Wildman–Crippen MR) is 85.6 cm³/mol. The molecule has 0 saturated carbocycles. The molecule has 1 aromatic carbocycles. The Morgan fingerprint density at radius 3 is 2.61 bits per heavy atom. The minimum absolute atomic E-state index is 0.126. The zero-order valence-corrected chi connectivity index (χ0v) is 13.9. The van der Waals surface area contributed by atoms with Gasteiger partial charge in [-0.15, -0.1) is 0 Å². The number of aliphatic hydroxyl groups is 2. The Morgan fingerprint density at radius 2 is 2.09 bits per heavy atom. The maximum Gasteiger partial charge on any atom is 0.254 e. The Morgan fingerprint density at radius 1 is 1.39 bits per heavy atom. The summed E-state index contributed by atoms with van der Waals surface area (Å²) in [5, 5.41) is 18.9. The largest absolute Gasteiger partial charge is 0.392 e. The van der Waals surface area contributed by atoms with Crippen LogP contribution in [0.4, 0.5) is 4.39 Å². The lowest BCUT2D eigenvalue weighted by molar-refractivity contribution is -0.00145. The van der Waals surface area contributed by atoms with Gasteiger partial charge in [0.25, 0.3) is 5.91 Å². The summed E-state index contributed by atoms with van der Waals surface area (Å²) in [6, 6.07) is 4.30. The zero-order chi connectivity index (χ0) is 17.2. The summed E-state index contributed by atoms with van der Waals surface area (Å²) in [6.45, 7) is 7.48. The van der Waals surface area contributed by atoms with Crippen LogP contribution in [-0.2, 0) is 6.61 Å². The molecule has 5 nitrogen and oxygen atoms in total. The number of rotatable bonds is 4. The molecule has 2 rings (SSSR count). The number of carbonyl (C=O) groups excluding carboxylic acids is 1. The normalized spacial score (nSPS) is 19.9. The molecule has 2 N–H and O–H groups in total. The molecule has 1 saturated heterocycles. The molecular weight excluding hydrogens is 299 g/mol. The Bertz CT molecular complexity index is 571. The van der Waals surface area contributed by atoms with Gasteiger partial charge in [0.2, 0.25) is 0 Å². The topological polar surface area (TPSA) is 64.0 Å². The number of hydrogen-bond acceptors (Lipinski definition) is 4. The van der Waals surface area contributed by atoms with Crippen molar-refractivity contribution >= 4 is 5.91 Å². The smallest absolute Gasteiger partial charge is 0.254 e. The molecule has 1 aliphatic heterocycles. The molecule has 0 aromatic heterocycles. The molecule has 0 radical (unpaired) electrons. The van der Waals surface area contributed by atoms with E-state index in [2.05, 4.69) is 4.90 Å². The quantitative estimate of drug-likeness (QED) is 0.874. The second-order valence-corrected chi connectivity index (χ2v) is 6.85. The first kappa shape index (κ1) is 17.8. The van der Waals surface area contributed by atoms with Crippen molar-refractivity contribution in [2.75, 3.05) is 26.2 Å². The SMILES string of the molecule is C[C@@H]1CN(C(=O)c2ccc(CO)c(F)c2)CCN1CC(C)(C)O. The van der Waals surface area contributed by atoms with Crippen molar-refractivity contribution in [3.8, 4) is 0 Å². The number of halogens is 1. The van der Waals surface area contributed by atoms with Crippen LogP contribution >= 0.6 is 0 Å². The third-order valence-corrected chi connectivity index (χ3v) is 4.11. The van der Waals surface area contributed by atoms with Crippen molar-refractivity contribution in [2.45, 2.75) is 39.0 Å². The monoisotopic (exact) mass is 324 g/mol. The first-order valence-corrected chi connectivity index (χ1v) is 7.86. The fourth-order valence-electron chi connectivity index (χ4n) is 2.90. The standard InChI is InChI=1S/C17H25FN2O3/c1-12-9-19(6-7-20(12)11-17(2,3)23)16(22)13-4-5-14(10-21)15(18)8-13/h4-5,8,12,21,23H,6-7,9-11H2,1-3H3/t12-/m1/s1. The molecular formula is C17H25FN2O3. The Hall–Kier alpha value is -1.50. The van der Waals surface area contributed by atoms with E-state index in [-0.39, 0.29) is 24.1 Å². The van der Waals surface area contributed by atoms with Crippen LogP contribution in [0.5, 0.6) is 0 Å². The number of benzene rings is 1. The number of nitrogens with zero attached hydrogens (tertiary/aromatic N) is 2. The van der Waals surface area contributed by atoms with Crippen molar-refractivity contribution in [3.05, 3.63) is 35.1 Å². The molecule has 0 spiro atoms. The minimum Gasteiger partial charge on any atom is -0.392 e. The number of carbonyl (C=O) groups is 1. The van der Waals surface area contributed by atoms with Crippen LogP contribution in [0.25, 0.3) is 0 Å². The highest BCUT2D eigenvalue weighted by atomic mass is 19.1. The molecule has 0 aliphatic carbocycles. The van der Waals surface area contributed by atoms with Gasteiger partial charge in [0, 0.05) is 43.3 Å². The van der Waals surface area contributed by atoms with Gasteiger partial charge in [-0.2, -0.15) is 0 Å². The van der Waals surface area contributed by atoms with Crippen molar-refractivity contribution in [1.82, 2.24) is 9.80 Å². The first-order chi connectivity index (χ1) is 10.7. The van der Waals surface area contributed by atoms with Crippen LogP contribution in [0.3, 0.4) is 0 Å². The number of aliphatic hydroxyl groups excluding tert-OH is 1. The zero-order valence-electron chi connectivity index (χ0n) is 13.9. The Balaban J connectivity index is 2.04. The van der Waals surface area contributed by atoms with E-state index in [1.54, 1.807) is 24.8 Å². The number of hydrogen-bond donors (Lipinski definition) is 2. The van der Waals surface area contributed by atoms with Gasteiger partial charge in [-0.25, -0.2) is 4.39 Å². The summed E-state index contributed by atoms with van der Waals surface area (Å²) < 4.78 is 13.7. The van der Waals surface area contributed by atoms with Crippen LogP contribution in [0.2, 0.25) is 0 Å². The average Bonchev–Trinajstić information content (AvgIpc) is 2.47. The second kappa shape index (κ2) is 6.95. The van der Waals surface area contributed by atoms with Gasteiger partial charge in [-0.05, 0) is 32.9 Å². The lowest BCUT2D eigenvalue weighted by Gasteiger charge is -2.42. The van der Waals surface area contributed by atoms with Gasteiger partial charge in [-0.1, -0.05) is 6.07 Å². The molecule has 1 heterocycles. The van der Waals surface area contributed by atoms with E-state index in [1.807, 2.05) is 6.92 Å². The maximum atomic E-state index is 13.7. The van der Waals surface area contributed by atoms with E-state index in [1.165, 1.54) is 12.1 Å². The summed E-state index contributed by atoms with van der Waals surface area (Å²) in [5.41, 5.74) is -0.295. The number of β-amino-alcohol motifs (C(OH)–C–C–N with tert-alkyl or cyclic N) is 1. The summed E-state index contributed by atoms with van der Waals surface area (Å²) in [5.74, 6) is -0.768. The molecule has 23 heavy (non-hydrogen) atoms. The van der Waals surface area contributed by atoms with E-state index in [4.69, 9.17) is 5.11 Å². The van der Waals surface area contributed by atoms with Crippen LogP contribution in [-0.4, -0.2) is 63.7 Å². The predicted octanol–water partition coefficient (Wildman–Crippen LogP) is 1.24. The summed E-state index contributed by atoms with van der Waals surface area (Å²) in [4.78, 5) is 16.4. The molecule has 1 aromatic rings. The molecule has 1 fully saturated rings. The summed E-state index contributed by atoms with van der Waals surface area (Å²) in [6.07, 6.45) is 0. The fourth-order valence-corrected chi connectivity index (χ4v) is 2.90. The van der Waals surface area contributed by atoms with E-state index < -0.39 is 11.4 Å². The van der Waals surface area contributed by atoms with Crippen molar-refractivity contribution in [2.24, 2.45) is 0 Å². The third-order valence-electron chi connectivity index (χ3n) is 4.11. The molecule has 1 amide bonds. The van der Waals surface area contributed by atoms with Crippen molar-refractivity contribution in [3.63, 3.8) is 0 Å². The van der Waals surface area contributed by atoms with Gasteiger partial charge in [0.1, 0.15) is 5.82 Å². The molecule has 128 valence electrons. The highest BCUT2D eigenvalue weighted by molar-refractivity contribution is 5.94. The fraction of sp³-hybridized carbons (Fsp3) is 0.588. The van der Waals surface area contributed by atoms with E-state index in [0.717, 1.165) is 0 Å². The van der Waals surface area contributed by atoms with Crippen LogP contribution in [0.15, 0.2) is 18.2 Å². The van der Waals surface area contributed by atoms with Crippen LogP contribution < -0.4 is 0 Å². The van der Waals surface area contributed by atoms with Gasteiger partial charge >= 0.3 is 0 Å². The lowest BCUT2D eigenvalue weighted by atomic mass is 10.1. The number of piperazine rings is 1. The van der Waals surface area contributed by atoms with Crippen molar-refractivity contribution < 1.29 is 19.4 Å². The summed E-state index contributed by atoms with van der Waals surface area (Å²) in [7, 11) is 0. The molecule has 1 aliphatic rings. The van der Waals surface area contributed by atoms with Crippen molar-refractivity contribution in [1.29, 1.82) is 0 Å². The van der Waals surface area contributed by atoms with E-state index in [9.17, 15) is 14.3 Å². The molecule has 0 unspecified atom stereocenters. The van der Waals surface area contributed by atoms with Crippen LogP contribution in [0.1, 0.15) is 36.7 Å². The van der Waals surface area contributed by atoms with Gasteiger partial charge in [0.05, 0.1) is 12.2 Å². The molecule has 0 bridgehead atoms. The number of amides is 1.